The first-order valence-electron chi connectivity index (χ1n) is 7.08. The minimum absolute atomic E-state index is 0.369. The van der Waals surface area contributed by atoms with Crippen molar-refractivity contribution >= 4 is 32.3 Å². The van der Waals surface area contributed by atoms with E-state index in [4.69, 9.17) is 4.42 Å². The van der Waals surface area contributed by atoms with Crippen LogP contribution in [0.15, 0.2) is 51.1 Å². The van der Waals surface area contributed by atoms with Crippen LogP contribution in [0.2, 0.25) is 0 Å². The molecule has 0 fully saturated rings. The average molecular weight is 335 g/mol. The number of para-hydroxylation sites is 1. The van der Waals surface area contributed by atoms with E-state index in [1.54, 1.807) is 6.07 Å². The van der Waals surface area contributed by atoms with Gasteiger partial charge in [-0.05, 0) is 37.6 Å². The van der Waals surface area contributed by atoms with E-state index in [0.717, 1.165) is 21.6 Å². The highest BCUT2D eigenvalue weighted by molar-refractivity contribution is 7.91. The Morgan fingerprint density at radius 1 is 1.18 bits per heavy atom. The molecule has 0 spiro atoms. The quantitative estimate of drug-likeness (QED) is 0.699. The van der Waals surface area contributed by atoms with Gasteiger partial charge in [-0.3, -0.25) is 0 Å². The lowest BCUT2D eigenvalue weighted by molar-refractivity contribution is 0.534. The van der Waals surface area contributed by atoms with E-state index >= 15 is 0 Å². The molecular formula is C16H17NO3S2. The molecule has 3 rings (SSSR count). The van der Waals surface area contributed by atoms with Crippen molar-refractivity contribution in [1.82, 2.24) is 4.72 Å². The highest BCUT2D eigenvalue weighted by atomic mass is 32.2. The molecule has 0 saturated carbocycles. The Bertz CT molecular complexity index is 845. The first-order valence-corrected chi connectivity index (χ1v) is 9.38. The maximum Gasteiger partial charge on any atom is 0.250 e. The normalized spacial score (nSPS) is 12.0. The van der Waals surface area contributed by atoms with Gasteiger partial charge in [-0.2, -0.15) is 0 Å². The van der Waals surface area contributed by atoms with Crippen LogP contribution in [0.3, 0.4) is 0 Å². The fourth-order valence-corrected chi connectivity index (χ4v) is 4.66. The number of fused-ring (bicyclic) bond motifs is 1. The fourth-order valence-electron chi connectivity index (χ4n) is 2.26. The minimum Gasteiger partial charge on any atom is -0.461 e. The Kier molecular flexibility index (Phi) is 4.33. The zero-order chi connectivity index (χ0) is 15.6. The number of nitrogens with one attached hydrogen (secondary N) is 1. The minimum atomic E-state index is -3.38. The summed E-state index contributed by atoms with van der Waals surface area (Å²) >= 11 is 1.28. The van der Waals surface area contributed by atoms with Crippen LogP contribution in [0.5, 0.6) is 0 Å². The summed E-state index contributed by atoms with van der Waals surface area (Å²) in [5, 5.41) is 1.08. The Balaban J connectivity index is 1.55. The number of sulfonamides is 1. The molecule has 4 nitrogen and oxygen atoms in total. The number of hydrogen-bond acceptors (Lipinski definition) is 4. The second-order valence-electron chi connectivity index (χ2n) is 5.12. The van der Waals surface area contributed by atoms with Gasteiger partial charge in [-0.25, -0.2) is 13.1 Å². The standard InChI is InChI=1S/C16H17NO3S2/c1-12-8-9-16(21-12)22(18,19)17-10-4-6-14-11-13-5-2-3-7-15(13)20-14/h2-3,5,7-9,11,17H,4,6,10H2,1H3. The van der Waals surface area contributed by atoms with E-state index in [0.29, 0.717) is 23.6 Å². The summed E-state index contributed by atoms with van der Waals surface area (Å²) in [6, 6.07) is 13.3. The summed E-state index contributed by atoms with van der Waals surface area (Å²) in [6.45, 7) is 2.29. The molecule has 0 aliphatic heterocycles. The van der Waals surface area contributed by atoms with Crippen LogP contribution in [-0.4, -0.2) is 15.0 Å². The summed E-state index contributed by atoms with van der Waals surface area (Å²) in [7, 11) is -3.38. The molecular weight excluding hydrogens is 318 g/mol. The predicted octanol–water partition coefficient (Wildman–Crippen LogP) is 3.71. The van der Waals surface area contributed by atoms with Crippen LogP contribution in [0.1, 0.15) is 17.1 Å². The number of thiophene rings is 1. The van der Waals surface area contributed by atoms with Crippen molar-refractivity contribution in [2.24, 2.45) is 0 Å². The molecule has 3 aromatic rings. The first-order chi connectivity index (χ1) is 10.5. The van der Waals surface area contributed by atoms with Crippen LogP contribution in [0, 0.1) is 6.92 Å². The van der Waals surface area contributed by atoms with Crippen LogP contribution in [0.4, 0.5) is 0 Å². The second kappa shape index (κ2) is 6.24. The van der Waals surface area contributed by atoms with Gasteiger partial charge in [0.2, 0.25) is 10.0 Å². The van der Waals surface area contributed by atoms with E-state index in [1.165, 1.54) is 11.3 Å². The van der Waals surface area contributed by atoms with E-state index in [-0.39, 0.29) is 0 Å². The number of hydrogen-bond donors (Lipinski definition) is 1. The third-order valence-corrected chi connectivity index (χ3v) is 6.30. The van der Waals surface area contributed by atoms with Gasteiger partial charge in [-0.15, -0.1) is 11.3 Å². The number of aryl methyl sites for hydroxylation is 2. The Labute approximate surface area is 133 Å². The topological polar surface area (TPSA) is 59.3 Å². The highest BCUT2D eigenvalue weighted by Gasteiger charge is 2.15. The molecule has 1 N–H and O–H groups in total. The fraction of sp³-hybridized carbons (Fsp3) is 0.250. The van der Waals surface area contributed by atoms with Crippen LogP contribution in [-0.2, 0) is 16.4 Å². The molecule has 0 bridgehead atoms. The van der Waals surface area contributed by atoms with Gasteiger partial charge in [0, 0.05) is 23.2 Å². The lowest BCUT2D eigenvalue weighted by Crippen LogP contribution is -2.24. The van der Waals surface area contributed by atoms with Crippen molar-refractivity contribution in [3.05, 3.63) is 53.1 Å². The molecule has 2 aromatic heterocycles. The highest BCUT2D eigenvalue weighted by Crippen LogP contribution is 2.21. The summed E-state index contributed by atoms with van der Waals surface area (Å²) in [5.41, 5.74) is 0.868. The third kappa shape index (κ3) is 3.40. The number of rotatable bonds is 6. The van der Waals surface area contributed by atoms with Crippen molar-refractivity contribution in [3.63, 3.8) is 0 Å². The molecule has 0 aliphatic rings. The van der Waals surface area contributed by atoms with Gasteiger partial charge < -0.3 is 4.42 Å². The van der Waals surface area contributed by atoms with E-state index in [9.17, 15) is 8.42 Å². The predicted molar refractivity (Wildman–Crippen MR) is 88.8 cm³/mol. The molecule has 0 radical (unpaired) electrons. The van der Waals surface area contributed by atoms with E-state index in [2.05, 4.69) is 4.72 Å². The SMILES string of the molecule is Cc1ccc(S(=O)(=O)NCCCc2cc3ccccc3o2)s1. The molecule has 0 unspecified atom stereocenters. The maximum absolute atomic E-state index is 12.1. The zero-order valence-corrected chi connectivity index (χ0v) is 13.8. The van der Waals surface area contributed by atoms with Crippen LogP contribution in [0.25, 0.3) is 11.0 Å². The molecule has 0 amide bonds. The number of furan rings is 1. The molecule has 116 valence electrons. The molecule has 2 heterocycles. The zero-order valence-electron chi connectivity index (χ0n) is 12.2. The van der Waals surface area contributed by atoms with Crippen molar-refractivity contribution in [2.75, 3.05) is 6.54 Å². The molecule has 0 saturated heterocycles. The molecule has 1 aromatic carbocycles. The Hall–Kier alpha value is -1.63. The maximum atomic E-state index is 12.1. The van der Waals surface area contributed by atoms with Crippen LogP contribution < -0.4 is 4.72 Å². The van der Waals surface area contributed by atoms with Crippen LogP contribution >= 0.6 is 11.3 Å². The second-order valence-corrected chi connectivity index (χ2v) is 8.40. The Morgan fingerprint density at radius 2 is 2.00 bits per heavy atom. The van der Waals surface area contributed by atoms with Gasteiger partial charge in [0.25, 0.3) is 0 Å². The van der Waals surface area contributed by atoms with Gasteiger partial charge in [-0.1, -0.05) is 18.2 Å². The average Bonchev–Trinajstić information content (AvgIpc) is 3.09. The third-order valence-electron chi connectivity index (χ3n) is 3.35. The monoisotopic (exact) mass is 335 g/mol. The Morgan fingerprint density at radius 3 is 2.73 bits per heavy atom. The largest absolute Gasteiger partial charge is 0.461 e. The lowest BCUT2D eigenvalue weighted by atomic mass is 10.2. The van der Waals surface area contributed by atoms with Crippen molar-refractivity contribution < 1.29 is 12.8 Å². The van der Waals surface area contributed by atoms with Gasteiger partial charge >= 0.3 is 0 Å². The molecule has 22 heavy (non-hydrogen) atoms. The van der Waals surface area contributed by atoms with Crippen molar-refractivity contribution in [2.45, 2.75) is 24.0 Å². The molecule has 0 aliphatic carbocycles. The molecule has 0 atom stereocenters. The first kappa shape index (κ1) is 15.3. The summed E-state index contributed by atoms with van der Waals surface area (Å²) in [4.78, 5) is 0.989. The lowest BCUT2D eigenvalue weighted by Gasteiger charge is -2.03. The van der Waals surface area contributed by atoms with Gasteiger partial charge in [0.15, 0.2) is 0 Å². The van der Waals surface area contributed by atoms with Crippen molar-refractivity contribution in [3.8, 4) is 0 Å². The van der Waals surface area contributed by atoms with E-state index in [1.807, 2.05) is 43.3 Å². The molecule has 6 heteroatoms. The summed E-state index contributed by atoms with van der Waals surface area (Å²) < 4.78 is 32.9. The van der Waals surface area contributed by atoms with Gasteiger partial charge in [0.05, 0.1) is 0 Å². The van der Waals surface area contributed by atoms with Crippen molar-refractivity contribution in [1.29, 1.82) is 0 Å². The summed E-state index contributed by atoms with van der Waals surface area (Å²) in [6.07, 6.45) is 1.41. The smallest absolute Gasteiger partial charge is 0.250 e. The van der Waals surface area contributed by atoms with Gasteiger partial charge in [0.1, 0.15) is 15.6 Å². The summed E-state index contributed by atoms with van der Waals surface area (Å²) in [5.74, 6) is 0.882. The van der Waals surface area contributed by atoms with E-state index < -0.39 is 10.0 Å². The number of benzene rings is 1.